The molecule has 1 aromatic rings. The van der Waals surface area contributed by atoms with Crippen LogP contribution in [0.2, 0.25) is 0 Å². The third-order valence-corrected chi connectivity index (χ3v) is 3.44. The van der Waals surface area contributed by atoms with Gasteiger partial charge < -0.3 is 14.9 Å². The summed E-state index contributed by atoms with van der Waals surface area (Å²) < 4.78 is 5.00. The van der Waals surface area contributed by atoms with Gasteiger partial charge in [-0.05, 0) is 25.3 Å². The number of esters is 1. The molecule has 1 saturated heterocycles. The van der Waals surface area contributed by atoms with Crippen LogP contribution < -0.4 is 5.32 Å². The van der Waals surface area contributed by atoms with Gasteiger partial charge in [0.1, 0.15) is 12.6 Å². The van der Waals surface area contributed by atoms with Crippen LogP contribution >= 0.6 is 0 Å². The van der Waals surface area contributed by atoms with Gasteiger partial charge in [0.25, 0.3) is 0 Å². The highest BCUT2D eigenvalue weighted by Crippen LogP contribution is 2.14. The Morgan fingerprint density at radius 1 is 1.38 bits per heavy atom. The highest BCUT2D eigenvalue weighted by molar-refractivity contribution is 5.76. The summed E-state index contributed by atoms with van der Waals surface area (Å²) in [7, 11) is 0. The molecular formula is C16H22N2O3. The molecular weight excluding hydrogens is 268 g/mol. The predicted octanol–water partition coefficient (Wildman–Crippen LogP) is 2.12. The highest BCUT2D eigenvalue weighted by atomic mass is 16.6. The van der Waals surface area contributed by atoms with Crippen LogP contribution in [0.3, 0.4) is 0 Å². The summed E-state index contributed by atoms with van der Waals surface area (Å²) in [6, 6.07) is 9.75. The molecule has 2 atom stereocenters. The smallest absolute Gasteiger partial charge is 0.323 e. The van der Waals surface area contributed by atoms with E-state index in [1.165, 1.54) is 0 Å². The maximum atomic E-state index is 11.6. The van der Waals surface area contributed by atoms with Crippen molar-refractivity contribution in [2.75, 3.05) is 13.2 Å². The van der Waals surface area contributed by atoms with Crippen molar-refractivity contribution in [2.45, 2.75) is 32.4 Å². The molecule has 0 amide bonds. The van der Waals surface area contributed by atoms with E-state index in [0.717, 1.165) is 24.9 Å². The lowest BCUT2D eigenvalue weighted by molar-refractivity contribution is -0.146. The molecule has 1 unspecified atom stereocenters. The van der Waals surface area contributed by atoms with Gasteiger partial charge in [0.05, 0.1) is 6.61 Å². The lowest BCUT2D eigenvalue weighted by Gasteiger charge is -2.26. The third-order valence-electron chi connectivity index (χ3n) is 3.44. The fourth-order valence-corrected chi connectivity index (χ4v) is 2.26. The molecule has 1 N–H and O–H groups in total. The Morgan fingerprint density at radius 3 is 2.86 bits per heavy atom. The van der Waals surface area contributed by atoms with Gasteiger partial charge in [0.2, 0.25) is 0 Å². The standard InChI is InChI=1S/C16H22N2O3/c1-2-20-16(19)15-9-8-14(10-17-15)11-18-21-12-13-6-4-3-5-7-13/h3-7,11,14-15,17H,2,8-10,12H2,1H3/b18-11-/t14?,15-/m1/s1. The van der Waals surface area contributed by atoms with Gasteiger partial charge in [-0.1, -0.05) is 35.5 Å². The Balaban J connectivity index is 1.66. The SMILES string of the molecule is CCOC(=O)[C@H]1CCC(/C=N\OCc2ccccc2)CN1. The summed E-state index contributed by atoms with van der Waals surface area (Å²) in [5.41, 5.74) is 1.10. The van der Waals surface area contributed by atoms with Crippen molar-refractivity contribution in [1.82, 2.24) is 5.32 Å². The van der Waals surface area contributed by atoms with Gasteiger partial charge in [-0.25, -0.2) is 0 Å². The number of hydrogen-bond donors (Lipinski definition) is 1. The van der Waals surface area contributed by atoms with Crippen molar-refractivity contribution in [3.8, 4) is 0 Å². The zero-order chi connectivity index (χ0) is 14.9. The molecule has 1 aliphatic rings. The van der Waals surface area contributed by atoms with E-state index in [0.29, 0.717) is 19.1 Å². The number of oxime groups is 1. The molecule has 1 aliphatic heterocycles. The molecule has 5 nitrogen and oxygen atoms in total. The van der Waals surface area contributed by atoms with E-state index in [1.807, 2.05) is 43.5 Å². The molecule has 21 heavy (non-hydrogen) atoms. The van der Waals surface area contributed by atoms with Crippen LogP contribution in [0.25, 0.3) is 0 Å². The molecule has 0 aromatic heterocycles. The van der Waals surface area contributed by atoms with Crippen LogP contribution in [0.1, 0.15) is 25.3 Å². The highest BCUT2D eigenvalue weighted by Gasteiger charge is 2.25. The zero-order valence-corrected chi connectivity index (χ0v) is 12.3. The van der Waals surface area contributed by atoms with Gasteiger partial charge >= 0.3 is 5.97 Å². The summed E-state index contributed by atoms with van der Waals surface area (Å²) in [6.07, 6.45) is 3.50. The van der Waals surface area contributed by atoms with E-state index >= 15 is 0 Å². The predicted molar refractivity (Wildman–Crippen MR) is 80.9 cm³/mol. The topological polar surface area (TPSA) is 59.9 Å². The normalized spacial score (nSPS) is 22.1. The number of piperidine rings is 1. The summed E-state index contributed by atoms with van der Waals surface area (Å²) in [5, 5.41) is 7.21. The van der Waals surface area contributed by atoms with Crippen LogP contribution in [-0.2, 0) is 21.0 Å². The Kier molecular flexibility index (Phi) is 6.22. The maximum Gasteiger partial charge on any atom is 0.323 e. The second-order valence-corrected chi connectivity index (χ2v) is 5.06. The first-order chi connectivity index (χ1) is 10.3. The molecule has 1 aromatic carbocycles. The van der Waals surface area contributed by atoms with Crippen molar-refractivity contribution in [2.24, 2.45) is 11.1 Å². The number of hydrogen-bond acceptors (Lipinski definition) is 5. The van der Waals surface area contributed by atoms with Gasteiger partial charge in [0, 0.05) is 18.7 Å². The summed E-state index contributed by atoms with van der Waals surface area (Å²) in [4.78, 5) is 16.9. The van der Waals surface area contributed by atoms with E-state index in [4.69, 9.17) is 9.57 Å². The van der Waals surface area contributed by atoms with E-state index in [2.05, 4.69) is 10.5 Å². The lowest BCUT2D eigenvalue weighted by Crippen LogP contribution is -2.45. The van der Waals surface area contributed by atoms with Crippen LogP contribution in [0.15, 0.2) is 35.5 Å². The fraction of sp³-hybridized carbons (Fsp3) is 0.500. The quantitative estimate of drug-likeness (QED) is 0.495. The van der Waals surface area contributed by atoms with Gasteiger partial charge in [-0.2, -0.15) is 0 Å². The van der Waals surface area contributed by atoms with Crippen molar-refractivity contribution in [3.05, 3.63) is 35.9 Å². The van der Waals surface area contributed by atoms with E-state index < -0.39 is 0 Å². The van der Waals surface area contributed by atoms with Crippen molar-refractivity contribution < 1.29 is 14.4 Å². The summed E-state index contributed by atoms with van der Waals surface area (Å²) in [6.45, 7) is 3.44. The number of carbonyl (C=O) groups is 1. The Morgan fingerprint density at radius 2 is 2.19 bits per heavy atom. The lowest BCUT2D eigenvalue weighted by atomic mass is 9.96. The number of ether oxygens (including phenoxy) is 1. The molecule has 0 saturated carbocycles. The molecule has 5 heteroatoms. The molecule has 0 radical (unpaired) electrons. The number of nitrogens with one attached hydrogen (secondary N) is 1. The van der Waals surface area contributed by atoms with Crippen molar-refractivity contribution in [3.63, 3.8) is 0 Å². The Bertz CT molecular complexity index is 454. The Labute approximate surface area is 125 Å². The molecule has 0 aliphatic carbocycles. The van der Waals surface area contributed by atoms with E-state index in [9.17, 15) is 4.79 Å². The monoisotopic (exact) mass is 290 g/mol. The second-order valence-electron chi connectivity index (χ2n) is 5.06. The van der Waals surface area contributed by atoms with Crippen LogP contribution in [0.4, 0.5) is 0 Å². The fourth-order valence-electron chi connectivity index (χ4n) is 2.26. The number of nitrogens with zero attached hydrogens (tertiary/aromatic N) is 1. The summed E-state index contributed by atoms with van der Waals surface area (Å²) >= 11 is 0. The molecule has 0 spiro atoms. The first-order valence-electron chi connectivity index (χ1n) is 7.39. The number of benzene rings is 1. The van der Waals surface area contributed by atoms with Crippen LogP contribution in [0.5, 0.6) is 0 Å². The first-order valence-corrected chi connectivity index (χ1v) is 7.39. The van der Waals surface area contributed by atoms with Crippen molar-refractivity contribution in [1.29, 1.82) is 0 Å². The van der Waals surface area contributed by atoms with Gasteiger partial charge in [-0.15, -0.1) is 0 Å². The molecule has 1 heterocycles. The molecule has 1 fully saturated rings. The average Bonchev–Trinajstić information content (AvgIpc) is 2.53. The number of rotatable bonds is 6. The zero-order valence-electron chi connectivity index (χ0n) is 12.3. The molecule has 0 bridgehead atoms. The van der Waals surface area contributed by atoms with Crippen molar-refractivity contribution >= 4 is 12.2 Å². The minimum Gasteiger partial charge on any atom is -0.465 e. The maximum absolute atomic E-state index is 11.6. The second kappa shape index (κ2) is 8.42. The molecule has 114 valence electrons. The largest absolute Gasteiger partial charge is 0.465 e. The van der Waals surface area contributed by atoms with Crippen LogP contribution in [0, 0.1) is 5.92 Å². The molecule has 2 rings (SSSR count). The first kappa shape index (κ1) is 15.5. The minimum atomic E-state index is -0.181. The van der Waals surface area contributed by atoms with Gasteiger partial charge in [0.15, 0.2) is 0 Å². The Hall–Kier alpha value is -1.88. The van der Waals surface area contributed by atoms with Gasteiger partial charge in [-0.3, -0.25) is 4.79 Å². The van der Waals surface area contributed by atoms with E-state index in [-0.39, 0.29) is 12.0 Å². The minimum absolute atomic E-state index is 0.159. The van der Waals surface area contributed by atoms with Crippen LogP contribution in [-0.4, -0.2) is 31.4 Å². The van der Waals surface area contributed by atoms with E-state index in [1.54, 1.807) is 0 Å². The third kappa shape index (κ3) is 5.19. The summed E-state index contributed by atoms with van der Waals surface area (Å²) in [5.74, 6) is 0.139. The average molecular weight is 290 g/mol. The number of carbonyl (C=O) groups excluding carboxylic acids is 1.